The second kappa shape index (κ2) is 13.4. The summed E-state index contributed by atoms with van der Waals surface area (Å²) in [6.45, 7) is 10.7. The molecule has 0 saturated carbocycles. The summed E-state index contributed by atoms with van der Waals surface area (Å²) in [4.78, 5) is 9.76. The number of likely N-dealkylation sites (tertiary alicyclic amines) is 1. The van der Waals surface area contributed by atoms with Crippen molar-refractivity contribution in [2.24, 2.45) is 4.99 Å². The number of rotatable bonds is 8. The average Bonchev–Trinajstić information content (AvgIpc) is 2.66. The largest absolute Gasteiger partial charge is 0.357 e. The van der Waals surface area contributed by atoms with Crippen LogP contribution < -0.4 is 10.6 Å². The molecule has 1 aliphatic heterocycles. The molecule has 28 heavy (non-hydrogen) atoms. The molecule has 6 heteroatoms. The summed E-state index contributed by atoms with van der Waals surface area (Å²) >= 11 is 0. The van der Waals surface area contributed by atoms with E-state index in [0.29, 0.717) is 18.1 Å². The first-order chi connectivity index (χ1) is 13.0. The highest BCUT2D eigenvalue weighted by Crippen LogP contribution is 2.13. The summed E-state index contributed by atoms with van der Waals surface area (Å²) in [5, 5.41) is 7.10. The van der Waals surface area contributed by atoms with Crippen LogP contribution >= 0.6 is 24.0 Å². The molecule has 1 heterocycles. The molecular formula is C22H40IN5. The highest BCUT2D eigenvalue weighted by Gasteiger charge is 2.21. The number of halogens is 1. The fourth-order valence-corrected chi connectivity index (χ4v) is 3.57. The molecule has 1 fully saturated rings. The quantitative estimate of drug-likeness (QED) is 0.326. The van der Waals surface area contributed by atoms with Gasteiger partial charge >= 0.3 is 0 Å². The van der Waals surface area contributed by atoms with Gasteiger partial charge < -0.3 is 20.4 Å². The molecule has 1 aromatic carbocycles. The van der Waals surface area contributed by atoms with E-state index in [1.165, 1.54) is 31.5 Å². The molecule has 0 aliphatic carbocycles. The number of likely N-dealkylation sites (N-methyl/N-ethyl adjacent to an activating group) is 1. The van der Waals surface area contributed by atoms with E-state index in [0.717, 1.165) is 25.5 Å². The average molecular weight is 502 g/mol. The topological polar surface area (TPSA) is 42.9 Å². The normalized spacial score (nSPS) is 17.5. The zero-order valence-corrected chi connectivity index (χ0v) is 20.6. The number of piperidine rings is 1. The van der Waals surface area contributed by atoms with Gasteiger partial charge in [0.2, 0.25) is 0 Å². The molecule has 2 rings (SSSR count). The Morgan fingerprint density at radius 1 is 1.18 bits per heavy atom. The van der Waals surface area contributed by atoms with E-state index in [2.05, 4.69) is 85.6 Å². The smallest absolute Gasteiger partial charge is 0.191 e. The Bertz CT molecular complexity index is 553. The maximum atomic E-state index is 4.92. The molecule has 0 bridgehead atoms. The van der Waals surface area contributed by atoms with Crippen molar-refractivity contribution in [1.82, 2.24) is 20.4 Å². The number of benzene rings is 1. The van der Waals surface area contributed by atoms with Crippen LogP contribution in [-0.2, 0) is 6.42 Å². The number of aliphatic imine (C=N–C) groups is 1. The minimum Gasteiger partial charge on any atom is -0.357 e. The molecule has 0 radical (unpaired) electrons. The fourth-order valence-electron chi connectivity index (χ4n) is 3.57. The minimum atomic E-state index is 0. The number of hydrogen-bond donors (Lipinski definition) is 2. The van der Waals surface area contributed by atoms with Crippen LogP contribution in [0.1, 0.15) is 39.2 Å². The molecule has 0 amide bonds. The standard InChI is InChI=1S/C22H39N5.HI/c1-6-23-22(25-20-12-14-27(15-13-20)18(2)3)24-17-21(26(4)5)16-19-10-8-7-9-11-19;/h7-11,18,20-21H,6,12-17H2,1-5H3,(H2,23,24,25);1H. The van der Waals surface area contributed by atoms with Crippen LogP contribution in [0.3, 0.4) is 0 Å². The Hall–Kier alpha value is -0.860. The van der Waals surface area contributed by atoms with Gasteiger partial charge in [0, 0.05) is 37.8 Å². The Morgan fingerprint density at radius 2 is 1.82 bits per heavy atom. The third kappa shape index (κ3) is 8.66. The van der Waals surface area contributed by atoms with Crippen molar-refractivity contribution >= 4 is 29.9 Å². The predicted molar refractivity (Wildman–Crippen MR) is 132 cm³/mol. The van der Waals surface area contributed by atoms with Gasteiger partial charge in [0.05, 0.1) is 6.54 Å². The van der Waals surface area contributed by atoms with Gasteiger partial charge in [0.15, 0.2) is 5.96 Å². The highest BCUT2D eigenvalue weighted by atomic mass is 127. The van der Waals surface area contributed by atoms with E-state index >= 15 is 0 Å². The Morgan fingerprint density at radius 3 is 2.36 bits per heavy atom. The summed E-state index contributed by atoms with van der Waals surface area (Å²) in [5.74, 6) is 0.959. The van der Waals surface area contributed by atoms with Gasteiger partial charge in [-0.2, -0.15) is 0 Å². The fraction of sp³-hybridized carbons (Fsp3) is 0.682. The first kappa shape index (κ1) is 25.2. The second-order valence-corrected chi connectivity index (χ2v) is 8.08. The van der Waals surface area contributed by atoms with Gasteiger partial charge in [0.25, 0.3) is 0 Å². The van der Waals surface area contributed by atoms with Crippen LogP contribution in [0.2, 0.25) is 0 Å². The van der Waals surface area contributed by atoms with E-state index in [1.54, 1.807) is 0 Å². The van der Waals surface area contributed by atoms with Gasteiger partial charge in [-0.3, -0.25) is 4.99 Å². The Kier molecular flexibility index (Phi) is 12.0. The third-order valence-corrected chi connectivity index (χ3v) is 5.45. The van der Waals surface area contributed by atoms with E-state index in [-0.39, 0.29) is 24.0 Å². The van der Waals surface area contributed by atoms with E-state index in [9.17, 15) is 0 Å². The van der Waals surface area contributed by atoms with Gasteiger partial charge in [-0.15, -0.1) is 24.0 Å². The first-order valence-electron chi connectivity index (χ1n) is 10.5. The summed E-state index contributed by atoms with van der Waals surface area (Å²) < 4.78 is 0. The van der Waals surface area contributed by atoms with Crippen molar-refractivity contribution in [3.05, 3.63) is 35.9 Å². The molecule has 1 aromatic rings. The SMILES string of the molecule is CCNC(=NCC(Cc1ccccc1)N(C)C)NC1CCN(C(C)C)CC1.I. The maximum Gasteiger partial charge on any atom is 0.191 e. The van der Waals surface area contributed by atoms with Crippen LogP contribution in [0.5, 0.6) is 0 Å². The van der Waals surface area contributed by atoms with Crippen molar-refractivity contribution < 1.29 is 0 Å². The number of guanidine groups is 1. The second-order valence-electron chi connectivity index (χ2n) is 8.08. The van der Waals surface area contributed by atoms with Gasteiger partial charge in [-0.25, -0.2) is 0 Å². The van der Waals surface area contributed by atoms with Gasteiger partial charge in [0.1, 0.15) is 0 Å². The molecule has 160 valence electrons. The summed E-state index contributed by atoms with van der Waals surface area (Å²) in [6.07, 6.45) is 3.39. The van der Waals surface area contributed by atoms with Crippen LogP contribution in [0, 0.1) is 0 Å². The predicted octanol–water partition coefficient (Wildman–Crippen LogP) is 3.21. The third-order valence-electron chi connectivity index (χ3n) is 5.45. The molecule has 0 spiro atoms. The highest BCUT2D eigenvalue weighted by molar-refractivity contribution is 14.0. The molecule has 1 unspecified atom stereocenters. The number of hydrogen-bond acceptors (Lipinski definition) is 3. The number of nitrogens with zero attached hydrogens (tertiary/aromatic N) is 3. The molecule has 1 atom stereocenters. The zero-order chi connectivity index (χ0) is 19.6. The summed E-state index contributed by atoms with van der Waals surface area (Å²) in [5.41, 5.74) is 1.37. The van der Waals surface area contributed by atoms with E-state index in [1.807, 2.05) is 0 Å². The van der Waals surface area contributed by atoms with Crippen LogP contribution in [0.15, 0.2) is 35.3 Å². The van der Waals surface area contributed by atoms with Crippen LogP contribution in [0.4, 0.5) is 0 Å². The van der Waals surface area contributed by atoms with Gasteiger partial charge in [-0.1, -0.05) is 30.3 Å². The molecule has 5 nitrogen and oxygen atoms in total. The van der Waals surface area contributed by atoms with E-state index in [4.69, 9.17) is 4.99 Å². The van der Waals surface area contributed by atoms with Crippen LogP contribution in [-0.4, -0.2) is 74.2 Å². The lowest BCUT2D eigenvalue weighted by Gasteiger charge is -2.35. The lowest BCUT2D eigenvalue weighted by atomic mass is 10.0. The van der Waals surface area contributed by atoms with Crippen molar-refractivity contribution in [3.8, 4) is 0 Å². The zero-order valence-electron chi connectivity index (χ0n) is 18.3. The summed E-state index contributed by atoms with van der Waals surface area (Å²) in [6, 6.07) is 12.3. The molecular weight excluding hydrogens is 461 g/mol. The van der Waals surface area contributed by atoms with Crippen molar-refractivity contribution in [1.29, 1.82) is 0 Å². The van der Waals surface area contributed by atoms with Crippen molar-refractivity contribution in [3.63, 3.8) is 0 Å². The monoisotopic (exact) mass is 501 g/mol. The molecule has 1 saturated heterocycles. The van der Waals surface area contributed by atoms with Crippen LogP contribution in [0.25, 0.3) is 0 Å². The maximum absolute atomic E-state index is 4.92. The summed E-state index contributed by atoms with van der Waals surface area (Å²) in [7, 11) is 4.29. The van der Waals surface area contributed by atoms with Crippen molar-refractivity contribution in [2.75, 3.05) is 40.3 Å². The molecule has 1 aliphatic rings. The number of nitrogens with one attached hydrogen (secondary N) is 2. The minimum absolute atomic E-state index is 0. The van der Waals surface area contributed by atoms with Crippen molar-refractivity contribution in [2.45, 2.75) is 58.2 Å². The van der Waals surface area contributed by atoms with E-state index < -0.39 is 0 Å². The molecule has 2 N–H and O–H groups in total. The Balaban J connectivity index is 0.00000392. The van der Waals surface area contributed by atoms with Gasteiger partial charge in [-0.05, 0) is 59.7 Å². The first-order valence-corrected chi connectivity index (χ1v) is 10.5. The lowest BCUT2D eigenvalue weighted by Crippen LogP contribution is -2.50. The lowest BCUT2D eigenvalue weighted by molar-refractivity contribution is 0.167. The molecule has 0 aromatic heterocycles. The Labute approximate surface area is 189 Å².